The third-order valence-electron chi connectivity index (χ3n) is 5.73. The molecule has 4 aromatic rings. The van der Waals surface area contributed by atoms with Crippen molar-refractivity contribution >= 4 is 10.9 Å². The number of pyridine rings is 1. The number of hydrogen-bond acceptors (Lipinski definition) is 5. The van der Waals surface area contributed by atoms with Gasteiger partial charge in [0.2, 0.25) is 0 Å². The number of ether oxygens (including phenoxy) is 1. The molecule has 29 heavy (non-hydrogen) atoms. The van der Waals surface area contributed by atoms with Crippen molar-refractivity contribution in [3.63, 3.8) is 0 Å². The van der Waals surface area contributed by atoms with Gasteiger partial charge in [0, 0.05) is 29.3 Å². The van der Waals surface area contributed by atoms with E-state index in [1.54, 1.807) is 25.4 Å². The summed E-state index contributed by atoms with van der Waals surface area (Å²) in [4.78, 5) is 20.3. The number of fused-ring (bicyclic) bond motifs is 2. The lowest BCUT2D eigenvalue weighted by molar-refractivity contribution is 0.415. The maximum Gasteiger partial charge on any atom is 0.190 e. The van der Waals surface area contributed by atoms with Crippen LogP contribution in [0, 0.1) is 0 Å². The molecular formula is C23H21N3O3. The summed E-state index contributed by atoms with van der Waals surface area (Å²) >= 11 is 0. The van der Waals surface area contributed by atoms with Crippen LogP contribution in [0.4, 0.5) is 0 Å². The zero-order valence-electron chi connectivity index (χ0n) is 16.3. The highest BCUT2D eigenvalue weighted by Gasteiger charge is 2.21. The van der Waals surface area contributed by atoms with Crippen LogP contribution >= 0.6 is 0 Å². The average Bonchev–Trinajstić information content (AvgIpc) is 3.42. The molecule has 1 aliphatic carbocycles. The molecule has 2 heterocycles. The Hall–Kier alpha value is -3.38. The molecule has 1 atom stereocenters. The Morgan fingerprint density at radius 1 is 1.24 bits per heavy atom. The molecule has 0 bridgehead atoms. The number of aromatic nitrogens is 2. The zero-order chi connectivity index (χ0) is 20.0. The van der Waals surface area contributed by atoms with Crippen LogP contribution in [0.5, 0.6) is 5.75 Å². The summed E-state index contributed by atoms with van der Waals surface area (Å²) in [6.07, 6.45) is 5.15. The van der Waals surface area contributed by atoms with Crippen LogP contribution in [-0.2, 0) is 6.42 Å². The first-order valence-electron chi connectivity index (χ1n) is 9.62. The smallest absolute Gasteiger partial charge is 0.190 e. The third kappa shape index (κ3) is 2.93. The van der Waals surface area contributed by atoms with Crippen molar-refractivity contribution in [3.8, 4) is 28.3 Å². The number of methoxy groups -OCH3 is 1. The number of oxazole rings is 1. The van der Waals surface area contributed by atoms with Gasteiger partial charge >= 0.3 is 0 Å². The average molecular weight is 387 g/mol. The van der Waals surface area contributed by atoms with Crippen molar-refractivity contribution < 1.29 is 9.15 Å². The summed E-state index contributed by atoms with van der Waals surface area (Å²) in [6.45, 7) is 0. The molecule has 5 rings (SSSR count). The molecule has 146 valence electrons. The summed E-state index contributed by atoms with van der Waals surface area (Å²) in [5.41, 5.74) is 5.84. The van der Waals surface area contributed by atoms with Gasteiger partial charge in [-0.1, -0.05) is 12.1 Å². The van der Waals surface area contributed by atoms with Gasteiger partial charge in [-0.25, -0.2) is 4.98 Å². The molecule has 2 aromatic carbocycles. The van der Waals surface area contributed by atoms with Gasteiger partial charge in [0.1, 0.15) is 5.75 Å². The second-order valence-electron chi connectivity index (χ2n) is 7.30. The summed E-state index contributed by atoms with van der Waals surface area (Å²) in [5, 5.41) is 3.95. The van der Waals surface area contributed by atoms with Crippen LogP contribution in [0.15, 0.2) is 58.2 Å². The highest BCUT2D eigenvalue weighted by Crippen LogP contribution is 2.35. The molecule has 0 saturated carbocycles. The number of H-pyrrole nitrogens is 1. The number of nitrogens with one attached hydrogen (secondary N) is 2. The molecule has 6 heteroatoms. The molecular weight excluding hydrogens is 366 g/mol. The molecule has 2 aromatic heterocycles. The monoisotopic (exact) mass is 387 g/mol. The Labute approximate surface area is 167 Å². The van der Waals surface area contributed by atoms with Crippen LogP contribution in [0.25, 0.3) is 33.5 Å². The summed E-state index contributed by atoms with van der Waals surface area (Å²) in [7, 11) is 3.59. The lowest BCUT2D eigenvalue weighted by atomic mass is 10.0. The van der Waals surface area contributed by atoms with E-state index in [-0.39, 0.29) is 5.43 Å². The first kappa shape index (κ1) is 17.7. The normalized spacial score (nSPS) is 15.6. The maximum absolute atomic E-state index is 12.9. The maximum atomic E-state index is 12.9. The third-order valence-corrected chi connectivity index (χ3v) is 5.73. The van der Waals surface area contributed by atoms with E-state index in [1.165, 1.54) is 17.5 Å². The van der Waals surface area contributed by atoms with Gasteiger partial charge in [-0.05, 0) is 48.7 Å². The second kappa shape index (κ2) is 6.90. The molecule has 0 aliphatic heterocycles. The van der Waals surface area contributed by atoms with Crippen molar-refractivity contribution in [2.75, 3.05) is 14.2 Å². The van der Waals surface area contributed by atoms with Crippen molar-refractivity contribution in [2.45, 2.75) is 18.9 Å². The highest BCUT2D eigenvalue weighted by molar-refractivity contribution is 5.88. The van der Waals surface area contributed by atoms with Gasteiger partial charge in [-0.15, -0.1) is 0 Å². The highest BCUT2D eigenvalue weighted by atomic mass is 16.5. The van der Waals surface area contributed by atoms with Gasteiger partial charge in [-0.2, -0.15) is 0 Å². The van der Waals surface area contributed by atoms with Crippen molar-refractivity contribution in [2.24, 2.45) is 0 Å². The minimum Gasteiger partial charge on any atom is -0.496 e. The standard InChI is InChI=1S/C23H21N3O3/c1-24-18-6-5-13-3-4-14(7-15(13)18)19-9-21(27)16-8-17(23-11-25-12-29-23)22(28-2)10-20(16)26-19/h3-4,7-12,18,24H,5-6H2,1-2H3,(H,26,27). The van der Waals surface area contributed by atoms with Crippen LogP contribution in [-0.4, -0.2) is 24.1 Å². The van der Waals surface area contributed by atoms with E-state index < -0.39 is 0 Å². The molecule has 0 spiro atoms. The number of aromatic amines is 1. The fourth-order valence-corrected chi connectivity index (χ4v) is 4.21. The minimum atomic E-state index is -0.0529. The van der Waals surface area contributed by atoms with E-state index in [0.717, 1.165) is 29.6 Å². The van der Waals surface area contributed by atoms with Crippen LogP contribution in [0.1, 0.15) is 23.6 Å². The lowest BCUT2D eigenvalue weighted by Crippen LogP contribution is -2.12. The Bertz CT molecular complexity index is 1260. The largest absolute Gasteiger partial charge is 0.496 e. The quantitative estimate of drug-likeness (QED) is 0.552. The van der Waals surface area contributed by atoms with E-state index in [9.17, 15) is 4.79 Å². The Morgan fingerprint density at radius 2 is 2.14 bits per heavy atom. The Kier molecular flexibility index (Phi) is 4.21. The first-order valence-corrected chi connectivity index (χ1v) is 9.62. The van der Waals surface area contributed by atoms with E-state index >= 15 is 0 Å². The second-order valence-corrected chi connectivity index (χ2v) is 7.30. The van der Waals surface area contributed by atoms with Crippen LogP contribution in [0.3, 0.4) is 0 Å². The first-order chi connectivity index (χ1) is 14.2. The molecule has 0 amide bonds. The van der Waals surface area contributed by atoms with Crippen molar-refractivity contribution in [1.82, 2.24) is 15.3 Å². The van der Waals surface area contributed by atoms with E-state index in [0.29, 0.717) is 28.5 Å². The van der Waals surface area contributed by atoms with Gasteiger partial charge in [0.05, 0.1) is 24.4 Å². The fraction of sp³-hybridized carbons (Fsp3) is 0.217. The van der Waals surface area contributed by atoms with Crippen molar-refractivity contribution in [3.05, 3.63) is 70.3 Å². The molecule has 0 fully saturated rings. The SMILES string of the molecule is CNC1CCc2ccc(-c3cc(=O)c4cc(-c5cnco5)c(OC)cc4[nH]3)cc21. The topological polar surface area (TPSA) is 80.2 Å². The lowest BCUT2D eigenvalue weighted by Gasteiger charge is -2.13. The molecule has 1 aliphatic rings. The van der Waals surface area contributed by atoms with Gasteiger partial charge < -0.3 is 19.5 Å². The van der Waals surface area contributed by atoms with Gasteiger partial charge in [0.25, 0.3) is 0 Å². The summed E-state index contributed by atoms with van der Waals surface area (Å²) in [6, 6.07) is 12.1. The molecule has 0 saturated heterocycles. The van der Waals surface area contributed by atoms with Crippen LogP contribution < -0.4 is 15.5 Å². The summed E-state index contributed by atoms with van der Waals surface area (Å²) in [5.74, 6) is 1.18. The number of nitrogens with zero attached hydrogens (tertiary/aromatic N) is 1. The zero-order valence-corrected chi connectivity index (χ0v) is 16.3. The number of aryl methyl sites for hydroxylation is 1. The molecule has 2 N–H and O–H groups in total. The van der Waals surface area contributed by atoms with E-state index in [4.69, 9.17) is 9.15 Å². The minimum absolute atomic E-state index is 0.0529. The summed E-state index contributed by atoms with van der Waals surface area (Å²) < 4.78 is 10.9. The number of benzene rings is 2. The van der Waals surface area contributed by atoms with E-state index in [2.05, 4.69) is 33.5 Å². The number of rotatable bonds is 4. The van der Waals surface area contributed by atoms with Crippen molar-refractivity contribution in [1.29, 1.82) is 0 Å². The molecule has 6 nitrogen and oxygen atoms in total. The predicted molar refractivity (Wildman–Crippen MR) is 112 cm³/mol. The van der Waals surface area contributed by atoms with Gasteiger partial charge in [0.15, 0.2) is 17.6 Å². The van der Waals surface area contributed by atoms with Gasteiger partial charge in [-0.3, -0.25) is 4.79 Å². The van der Waals surface area contributed by atoms with E-state index in [1.807, 2.05) is 13.1 Å². The number of hydrogen-bond donors (Lipinski definition) is 2. The molecule has 0 radical (unpaired) electrons. The Balaban J connectivity index is 1.66. The van der Waals surface area contributed by atoms with Crippen LogP contribution in [0.2, 0.25) is 0 Å². The predicted octanol–water partition coefficient (Wildman–Crippen LogP) is 4.07. The Morgan fingerprint density at radius 3 is 2.90 bits per heavy atom. The molecule has 1 unspecified atom stereocenters. The fourth-order valence-electron chi connectivity index (χ4n) is 4.21.